The first-order valence-electron chi connectivity index (χ1n) is 7.24. The first kappa shape index (κ1) is 16.2. The van der Waals surface area contributed by atoms with Crippen molar-refractivity contribution in [3.05, 3.63) is 53.6 Å². The van der Waals surface area contributed by atoms with Gasteiger partial charge < -0.3 is 15.4 Å². The molecule has 0 atom stereocenters. The smallest absolute Gasteiger partial charge is 0.323 e. The Hall–Kier alpha value is -2.20. The molecule has 0 spiro atoms. The second kappa shape index (κ2) is 8.29. The fourth-order valence-electron chi connectivity index (χ4n) is 1.86. The summed E-state index contributed by atoms with van der Waals surface area (Å²) in [5.41, 5.74) is 1.31. The second-order valence-electron chi connectivity index (χ2n) is 4.82. The molecule has 2 aromatic rings. The monoisotopic (exact) mass is 318 g/mol. The lowest BCUT2D eigenvalue weighted by molar-refractivity contribution is 0.262. The summed E-state index contributed by atoms with van der Waals surface area (Å²) in [4.78, 5) is 12.0. The van der Waals surface area contributed by atoms with Crippen LogP contribution in [0.5, 0.6) is 5.75 Å². The van der Waals surface area contributed by atoms with E-state index in [1.54, 1.807) is 30.3 Å². The van der Waals surface area contributed by atoms with Crippen molar-refractivity contribution in [2.45, 2.75) is 19.8 Å². The highest BCUT2D eigenvalue weighted by atomic mass is 35.5. The number of anilines is 2. The lowest BCUT2D eigenvalue weighted by Crippen LogP contribution is -2.19. The Morgan fingerprint density at radius 2 is 1.77 bits per heavy atom. The maximum atomic E-state index is 12.0. The van der Waals surface area contributed by atoms with E-state index in [4.69, 9.17) is 16.3 Å². The van der Waals surface area contributed by atoms with Crippen LogP contribution in [0.4, 0.5) is 16.2 Å². The van der Waals surface area contributed by atoms with Crippen LogP contribution in [0.25, 0.3) is 0 Å². The van der Waals surface area contributed by atoms with Crippen molar-refractivity contribution in [1.82, 2.24) is 0 Å². The maximum absolute atomic E-state index is 12.0. The predicted molar refractivity (Wildman–Crippen MR) is 90.9 cm³/mol. The average molecular weight is 319 g/mol. The SMILES string of the molecule is CCCCOc1cccc(NC(=O)Nc2cccc(Cl)c2)c1. The molecule has 4 nitrogen and oxygen atoms in total. The Morgan fingerprint density at radius 3 is 2.45 bits per heavy atom. The topological polar surface area (TPSA) is 50.4 Å². The zero-order valence-corrected chi connectivity index (χ0v) is 13.2. The van der Waals surface area contributed by atoms with Gasteiger partial charge in [0.25, 0.3) is 0 Å². The Labute approximate surface area is 135 Å². The second-order valence-corrected chi connectivity index (χ2v) is 5.26. The number of hydrogen-bond acceptors (Lipinski definition) is 2. The van der Waals surface area contributed by atoms with Gasteiger partial charge in [0.1, 0.15) is 5.75 Å². The fraction of sp³-hybridized carbons (Fsp3) is 0.235. The van der Waals surface area contributed by atoms with Gasteiger partial charge in [0.15, 0.2) is 0 Å². The summed E-state index contributed by atoms with van der Waals surface area (Å²) in [6.07, 6.45) is 2.09. The van der Waals surface area contributed by atoms with Crippen molar-refractivity contribution < 1.29 is 9.53 Å². The molecule has 0 saturated heterocycles. The third-order valence-electron chi connectivity index (χ3n) is 2.94. The van der Waals surface area contributed by atoms with Crippen molar-refractivity contribution in [2.24, 2.45) is 0 Å². The molecule has 2 N–H and O–H groups in total. The minimum atomic E-state index is -0.326. The number of ether oxygens (including phenoxy) is 1. The molecule has 5 heteroatoms. The Kier molecular flexibility index (Phi) is 6.10. The van der Waals surface area contributed by atoms with Crippen molar-refractivity contribution in [2.75, 3.05) is 17.2 Å². The molecule has 22 heavy (non-hydrogen) atoms. The molecule has 0 bridgehead atoms. The number of unbranched alkanes of at least 4 members (excludes halogenated alkanes) is 1. The maximum Gasteiger partial charge on any atom is 0.323 e. The minimum absolute atomic E-state index is 0.326. The number of hydrogen-bond donors (Lipinski definition) is 2. The molecule has 2 amide bonds. The van der Waals surface area contributed by atoms with Gasteiger partial charge in [-0.25, -0.2) is 4.79 Å². The molecule has 0 saturated carbocycles. The van der Waals surface area contributed by atoms with Gasteiger partial charge in [-0.1, -0.05) is 37.1 Å². The molecule has 0 aliphatic rings. The van der Waals surface area contributed by atoms with Crippen LogP contribution < -0.4 is 15.4 Å². The van der Waals surface area contributed by atoms with Crippen LogP contribution in [-0.4, -0.2) is 12.6 Å². The largest absolute Gasteiger partial charge is 0.494 e. The van der Waals surface area contributed by atoms with Gasteiger partial charge in [0.05, 0.1) is 6.61 Å². The Balaban J connectivity index is 1.92. The molecule has 2 rings (SSSR count). The number of carbonyl (C=O) groups excluding carboxylic acids is 1. The molecule has 0 aromatic heterocycles. The van der Waals surface area contributed by atoms with E-state index in [1.807, 2.05) is 18.2 Å². The molecule has 0 unspecified atom stereocenters. The zero-order valence-electron chi connectivity index (χ0n) is 12.4. The zero-order chi connectivity index (χ0) is 15.8. The summed E-state index contributed by atoms with van der Waals surface area (Å²) >= 11 is 5.88. The van der Waals surface area contributed by atoms with Gasteiger partial charge in [-0.2, -0.15) is 0 Å². The minimum Gasteiger partial charge on any atom is -0.494 e. The number of halogens is 1. The number of benzene rings is 2. The molecule has 0 fully saturated rings. The van der Waals surface area contributed by atoms with Crippen molar-refractivity contribution in [3.63, 3.8) is 0 Å². The van der Waals surface area contributed by atoms with E-state index in [2.05, 4.69) is 17.6 Å². The first-order valence-corrected chi connectivity index (χ1v) is 7.61. The normalized spacial score (nSPS) is 10.1. The van der Waals surface area contributed by atoms with Crippen LogP contribution in [-0.2, 0) is 0 Å². The summed E-state index contributed by atoms with van der Waals surface area (Å²) in [6, 6.07) is 14.0. The van der Waals surface area contributed by atoms with Gasteiger partial charge in [0, 0.05) is 22.5 Å². The van der Waals surface area contributed by atoms with Crippen molar-refractivity contribution in [1.29, 1.82) is 0 Å². The van der Waals surface area contributed by atoms with Crippen molar-refractivity contribution >= 4 is 29.0 Å². The summed E-state index contributed by atoms with van der Waals surface area (Å²) in [5, 5.41) is 6.07. The van der Waals surface area contributed by atoms with Gasteiger partial charge >= 0.3 is 6.03 Å². The number of carbonyl (C=O) groups is 1. The standard InChI is InChI=1S/C17H19ClN2O2/c1-2-3-10-22-16-9-5-8-15(12-16)20-17(21)19-14-7-4-6-13(18)11-14/h4-9,11-12H,2-3,10H2,1H3,(H2,19,20,21). The third-order valence-corrected chi connectivity index (χ3v) is 3.18. The van der Waals surface area contributed by atoms with Crippen LogP contribution >= 0.6 is 11.6 Å². The predicted octanol–water partition coefficient (Wildman–Crippen LogP) is 5.16. The number of urea groups is 1. The summed E-state index contributed by atoms with van der Waals surface area (Å²) < 4.78 is 5.61. The molecule has 0 aliphatic carbocycles. The Bertz CT molecular complexity index is 632. The van der Waals surface area contributed by atoms with E-state index in [1.165, 1.54) is 0 Å². The lowest BCUT2D eigenvalue weighted by Gasteiger charge is -2.10. The third kappa shape index (κ3) is 5.30. The lowest BCUT2D eigenvalue weighted by atomic mass is 10.3. The fourth-order valence-corrected chi connectivity index (χ4v) is 2.05. The van der Waals surface area contributed by atoms with Crippen LogP contribution in [0.2, 0.25) is 5.02 Å². The van der Waals surface area contributed by atoms with Gasteiger partial charge in [0.2, 0.25) is 0 Å². The highest BCUT2D eigenvalue weighted by molar-refractivity contribution is 6.30. The van der Waals surface area contributed by atoms with E-state index in [9.17, 15) is 4.79 Å². The quantitative estimate of drug-likeness (QED) is 0.722. The molecule has 0 radical (unpaired) electrons. The van der Waals surface area contributed by atoms with E-state index in [0.717, 1.165) is 18.6 Å². The highest BCUT2D eigenvalue weighted by Crippen LogP contribution is 2.19. The van der Waals surface area contributed by atoms with Crippen LogP contribution in [0, 0.1) is 0 Å². The van der Waals surface area contributed by atoms with Crippen LogP contribution in [0.3, 0.4) is 0 Å². The number of amides is 2. The summed E-state index contributed by atoms with van der Waals surface area (Å²) in [7, 11) is 0. The molecule has 2 aromatic carbocycles. The Morgan fingerprint density at radius 1 is 1.09 bits per heavy atom. The van der Waals surface area contributed by atoms with Gasteiger partial charge in [-0.3, -0.25) is 0 Å². The number of rotatable bonds is 6. The average Bonchev–Trinajstić information content (AvgIpc) is 2.48. The van der Waals surface area contributed by atoms with Gasteiger partial charge in [-0.15, -0.1) is 0 Å². The van der Waals surface area contributed by atoms with E-state index >= 15 is 0 Å². The molecule has 116 valence electrons. The highest BCUT2D eigenvalue weighted by Gasteiger charge is 2.04. The molecule has 0 heterocycles. The van der Waals surface area contributed by atoms with Crippen LogP contribution in [0.15, 0.2) is 48.5 Å². The van der Waals surface area contributed by atoms with Crippen LogP contribution in [0.1, 0.15) is 19.8 Å². The first-order chi connectivity index (χ1) is 10.7. The number of nitrogens with one attached hydrogen (secondary N) is 2. The summed E-state index contributed by atoms with van der Waals surface area (Å²) in [6.45, 7) is 2.79. The molecule has 0 aliphatic heterocycles. The molecular formula is C17H19ClN2O2. The van der Waals surface area contributed by atoms with E-state index in [0.29, 0.717) is 23.0 Å². The van der Waals surface area contributed by atoms with E-state index < -0.39 is 0 Å². The van der Waals surface area contributed by atoms with Gasteiger partial charge in [-0.05, 0) is 36.8 Å². The van der Waals surface area contributed by atoms with Crippen molar-refractivity contribution in [3.8, 4) is 5.75 Å². The van der Waals surface area contributed by atoms with E-state index in [-0.39, 0.29) is 6.03 Å². The summed E-state index contributed by atoms with van der Waals surface area (Å²) in [5.74, 6) is 0.744. The molecular weight excluding hydrogens is 300 g/mol.